The normalized spacial score (nSPS) is 12.7. The maximum Gasteiger partial charge on any atom is 0.411 e. The first-order valence-electron chi connectivity index (χ1n) is 14.8. The van der Waals surface area contributed by atoms with Gasteiger partial charge >= 0.3 is 12.4 Å². The predicted molar refractivity (Wildman–Crippen MR) is 188 cm³/mol. The van der Waals surface area contributed by atoms with Crippen molar-refractivity contribution >= 4 is 46.3 Å². The van der Waals surface area contributed by atoms with Crippen LogP contribution in [0.3, 0.4) is 0 Å². The Morgan fingerprint density at radius 1 is 0.561 bits per heavy atom. The van der Waals surface area contributed by atoms with E-state index in [0.717, 1.165) is 42.5 Å². The average molecular weight is 897 g/mol. The molecule has 0 saturated heterocycles. The molecule has 0 heterocycles. The number of benzene rings is 4. The van der Waals surface area contributed by atoms with Gasteiger partial charge in [0.2, 0.25) is 5.41 Å². The van der Waals surface area contributed by atoms with Crippen molar-refractivity contribution in [3.05, 3.63) is 113 Å². The minimum atomic E-state index is -5.89. The third-order valence-electron chi connectivity index (χ3n) is 7.10. The molecule has 25 heteroatoms. The Hall–Kier alpha value is -4.63. The zero-order valence-corrected chi connectivity index (χ0v) is 32.5. The van der Waals surface area contributed by atoms with Gasteiger partial charge in [0.15, 0.2) is 5.78 Å². The number of alkyl halides is 6. The summed E-state index contributed by atoms with van der Waals surface area (Å²) in [4.78, 5) is 11.5. The molecule has 4 N–H and O–H groups in total. The zero-order valence-electron chi connectivity index (χ0n) is 29.3. The van der Waals surface area contributed by atoms with E-state index in [0.29, 0.717) is 42.8 Å². The highest BCUT2D eigenvalue weighted by atomic mass is 32.2. The molecule has 0 amide bonds. The summed E-state index contributed by atoms with van der Waals surface area (Å²) in [6.07, 6.45) is -10.3. The molecule has 4 aromatic carbocycles. The SMILES string of the molecule is COc1ccc(C(c2ccc(Oc3ccc(C(=O)c4ccc(C)c(S(=O)(=O)O)c4)cc3S(=O)(=O)O)cc2)(C(F)(F)F)C(F)(F)F)cc1.CS(=O)(=O)O.CS(=O)(=O)O. The molecule has 0 bridgehead atoms. The van der Waals surface area contributed by atoms with Crippen molar-refractivity contribution < 1.29 is 92.5 Å². The van der Waals surface area contributed by atoms with Crippen LogP contribution in [0.4, 0.5) is 26.3 Å². The van der Waals surface area contributed by atoms with E-state index < -0.39 is 102 Å². The van der Waals surface area contributed by atoms with Gasteiger partial charge in [0.05, 0.1) is 24.5 Å². The number of halogens is 6. The van der Waals surface area contributed by atoms with Crippen LogP contribution in [0.2, 0.25) is 0 Å². The van der Waals surface area contributed by atoms with Crippen LogP contribution >= 0.6 is 0 Å². The fourth-order valence-electron chi connectivity index (χ4n) is 4.84. The fourth-order valence-corrected chi connectivity index (χ4v) is 6.23. The van der Waals surface area contributed by atoms with Gasteiger partial charge in [-0.05, 0) is 72.1 Å². The van der Waals surface area contributed by atoms with Crippen LogP contribution in [0.15, 0.2) is 94.7 Å². The van der Waals surface area contributed by atoms with Gasteiger partial charge < -0.3 is 9.47 Å². The molecular weight excluding hydrogens is 867 g/mol. The van der Waals surface area contributed by atoms with Gasteiger partial charge in [-0.25, -0.2) is 0 Å². The molecule has 0 aliphatic rings. The molecule has 0 atom stereocenters. The first-order chi connectivity index (χ1) is 25.6. The van der Waals surface area contributed by atoms with E-state index in [1.54, 1.807) is 0 Å². The summed E-state index contributed by atoms with van der Waals surface area (Å²) >= 11 is 0. The number of aryl methyl sites for hydroxylation is 1. The van der Waals surface area contributed by atoms with Crippen molar-refractivity contribution in [2.24, 2.45) is 0 Å². The standard InChI is InChI=1S/C30H22F6O9S2.2CH4O3S/c1-17-3-4-18(15-25(17)46(38,39)40)27(37)19-5-14-24(26(16-19)47(41,42)43)45-23-12-8-21(9-13-23)28(29(31,32)33,30(34,35)36)20-6-10-22(44-2)11-7-20;2*1-5(2,3)4/h3-16H,1-2H3,(H,38,39,40)(H,41,42,43);2*1H3,(H,2,3,4). The van der Waals surface area contributed by atoms with Gasteiger partial charge in [-0.2, -0.15) is 60.0 Å². The van der Waals surface area contributed by atoms with E-state index >= 15 is 0 Å². The quantitative estimate of drug-likeness (QED) is 0.0862. The maximum absolute atomic E-state index is 14.4. The smallest absolute Gasteiger partial charge is 0.411 e. The molecule has 0 unspecified atom stereocenters. The number of carbonyl (C=O) groups excluding carboxylic acids is 1. The van der Waals surface area contributed by atoms with Gasteiger partial charge in [0.1, 0.15) is 22.1 Å². The lowest BCUT2D eigenvalue weighted by Crippen LogP contribution is -2.54. The van der Waals surface area contributed by atoms with E-state index in [4.69, 9.17) is 18.6 Å². The fraction of sp³-hybridized carbons (Fsp3) is 0.219. The molecule has 0 fully saturated rings. The number of ketones is 1. The highest BCUT2D eigenvalue weighted by Gasteiger charge is 2.72. The number of methoxy groups -OCH3 is 1. The Morgan fingerprint density at radius 3 is 1.26 bits per heavy atom. The van der Waals surface area contributed by atoms with Crippen molar-refractivity contribution in [1.29, 1.82) is 0 Å². The monoisotopic (exact) mass is 896 g/mol. The molecule has 4 aromatic rings. The van der Waals surface area contributed by atoms with Crippen LogP contribution in [-0.2, 0) is 45.9 Å². The summed E-state index contributed by atoms with van der Waals surface area (Å²) in [6.45, 7) is 1.35. The Bertz CT molecular complexity index is 2480. The topological polar surface area (TPSA) is 253 Å². The maximum atomic E-state index is 14.4. The van der Waals surface area contributed by atoms with Crippen LogP contribution in [0, 0.1) is 6.92 Å². The van der Waals surface area contributed by atoms with Crippen LogP contribution in [0.5, 0.6) is 17.2 Å². The molecule has 15 nitrogen and oxygen atoms in total. The largest absolute Gasteiger partial charge is 0.497 e. The van der Waals surface area contributed by atoms with Crippen LogP contribution in [-0.4, -0.2) is 89.6 Å². The number of carbonyl (C=O) groups is 1. The van der Waals surface area contributed by atoms with Crippen molar-refractivity contribution in [3.63, 3.8) is 0 Å². The number of hydrogen-bond acceptors (Lipinski definition) is 11. The summed E-state index contributed by atoms with van der Waals surface area (Å²) in [5, 5.41) is 0. The number of rotatable bonds is 9. The summed E-state index contributed by atoms with van der Waals surface area (Å²) in [5.74, 6) is -2.03. The molecule has 4 rings (SSSR count). The molecule has 0 aliphatic heterocycles. The van der Waals surface area contributed by atoms with Crippen LogP contribution < -0.4 is 9.47 Å². The molecule has 0 radical (unpaired) electrons. The summed E-state index contributed by atoms with van der Waals surface area (Å²) in [5.41, 5.74) is -7.47. The van der Waals surface area contributed by atoms with Crippen LogP contribution in [0.25, 0.3) is 0 Å². The second-order valence-electron chi connectivity index (χ2n) is 11.5. The zero-order chi connectivity index (χ0) is 44.2. The lowest BCUT2D eigenvalue weighted by Gasteiger charge is -2.38. The summed E-state index contributed by atoms with van der Waals surface area (Å²) in [7, 11) is -16.0. The van der Waals surface area contributed by atoms with Crippen LogP contribution in [0.1, 0.15) is 32.6 Å². The van der Waals surface area contributed by atoms with Gasteiger partial charge in [0, 0.05) is 11.1 Å². The third kappa shape index (κ3) is 13.2. The average Bonchev–Trinajstić information content (AvgIpc) is 3.02. The summed E-state index contributed by atoms with van der Waals surface area (Å²) < 4.78 is 215. The Morgan fingerprint density at radius 2 is 0.912 bits per heavy atom. The van der Waals surface area contributed by atoms with E-state index in [9.17, 15) is 73.9 Å². The second-order valence-corrected chi connectivity index (χ2v) is 17.2. The van der Waals surface area contributed by atoms with E-state index in [-0.39, 0.29) is 16.9 Å². The molecule has 0 aromatic heterocycles. The van der Waals surface area contributed by atoms with E-state index in [1.807, 2.05) is 0 Å². The van der Waals surface area contributed by atoms with Crippen molar-refractivity contribution in [2.75, 3.05) is 19.6 Å². The van der Waals surface area contributed by atoms with Gasteiger partial charge in [-0.3, -0.25) is 23.0 Å². The highest BCUT2D eigenvalue weighted by molar-refractivity contribution is 7.86. The van der Waals surface area contributed by atoms with E-state index in [2.05, 4.69) is 0 Å². The number of hydrogen-bond donors (Lipinski definition) is 4. The molecule has 314 valence electrons. The van der Waals surface area contributed by atoms with Crippen molar-refractivity contribution in [2.45, 2.75) is 34.5 Å². The molecule has 0 saturated carbocycles. The van der Waals surface area contributed by atoms with E-state index in [1.165, 1.54) is 26.2 Å². The molecular formula is C32H30F6O15S4. The third-order valence-corrected chi connectivity index (χ3v) is 8.97. The van der Waals surface area contributed by atoms with Gasteiger partial charge in [0.25, 0.3) is 40.5 Å². The minimum Gasteiger partial charge on any atom is -0.497 e. The van der Waals surface area contributed by atoms with Gasteiger partial charge in [-0.1, -0.05) is 36.4 Å². The first-order valence-corrected chi connectivity index (χ1v) is 21.3. The Kier molecular flexibility index (Phi) is 14.9. The molecule has 0 spiro atoms. The van der Waals surface area contributed by atoms with Crippen molar-refractivity contribution in [3.8, 4) is 17.2 Å². The lowest BCUT2D eigenvalue weighted by atomic mass is 9.73. The first kappa shape index (κ1) is 48.5. The highest BCUT2D eigenvalue weighted by Crippen LogP contribution is 2.56. The minimum absolute atomic E-state index is 0.0137. The van der Waals surface area contributed by atoms with Gasteiger partial charge in [-0.15, -0.1) is 0 Å². The second kappa shape index (κ2) is 17.5. The summed E-state index contributed by atoms with van der Waals surface area (Å²) in [6, 6.07) is 11.4. The van der Waals surface area contributed by atoms with Crippen molar-refractivity contribution in [1.82, 2.24) is 0 Å². The lowest BCUT2D eigenvalue weighted by molar-refractivity contribution is -0.288. The Balaban J connectivity index is 0.000000996. The number of ether oxygens (including phenoxy) is 2. The molecule has 57 heavy (non-hydrogen) atoms. The predicted octanol–water partition coefficient (Wildman–Crippen LogP) is 5.94. The Labute approximate surface area is 321 Å². The molecule has 0 aliphatic carbocycles.